The molecule has 0 bridgehead atoms. The number of benzene rings is 1. The normalized spacial score (nSPS) is 13.3. The maximum absolute atomic E-state index is 11.9. The highest BCUT2D eigenvalue weighted by Crippen LogP contribution is 2.22. The van der Waals surface area contributed by atoms with Gasteiger partial charge in [0.1, 0.15) is 0 Å². The number of nitro benzene ring substituents is 1. The molecule has 1 atom stereocenters. The number of nitrogens with two attached hydrogens (primary N) is 1. The minimum atomic E-state index is -3.92. The summed E-state index contributed by atoms with van der Waals surface area (Å²) in [5.41, 5.74) is 4.84. The highest BCUT2D eigenvalue weighted by atomic mass is 32.2. The Morgan fingerprint density at radius 3 is 2.59 bits per heavy atom. The first kappa shape index (κ1) is 13.6. The van der Waals surface area contributed by atoms with Crippen LogP contribution in [0.3, 0.4) is 0 Å². The van der Waals surface area contributed by atoms with Gasteiger partial charge in [0.2, 0.25) is 10.0 Å². The average Bonchev–Trinajstić information content (AvgIpc) is 2.28. The maximum atomic E-state index is 11.9. The quantitative estimate of drug-likeness (QED) is 0.579. The Labute approximate surface area is 98.8 Å². The van der Waals surface area contributed by atoms with Crippen LogP contribution in [0.25, 0.3) is 0 Å². The van der Waals surface area contributed by atoms with Gasteiger partial charge in [-0.2, -0.15) is 0 Å². The summed E-state index contributed by atoms with van der Waals surface area (Å²) in [4.78, 5) is 9.62. The second-order valence-electron chi connectivity index (χ2n) is 3.48. The summed E-state index contributed by atoms with van der Waals surface area (Å²) in [6.45, 7) is 1.69. The van der Waals surface area contributed by atoms with Crippen molar-refractivity contribution < 1.29 is 13.3 Å². The van der Waals surface area contributed by atoms with E-state index in [-0.39, 0.29) is 11.4 Å². The third-order valence-corrected chi connectivity index (χ3v) is 3.70. The number of rotatable bonds is 5. The zero-order valence-electron chi connectivity index (χ0n) is 9.16. The van der Waals surface area contributed by atoms with E-state index < -0.39 is 26.7 Å². The van der Waals surface area contributed by atoms with Crippen molar-refractivity contribution in [3.63, 3.8) is 0 Å². The average molecular weight is 259 g/mol. The van der Waals surface area contributed by atoms with Crippen molar-refractivity contribution in [2.24, 2.45) is 5.73 Å². The molecule has 0 amide bonds. The van der Waals surface area contributed by atoms with Gasteiger partial charge >= 0.3 is 0 Å². The molecule has 0 heterocycles. The van der Waals surface area contributed by atoms with Gasteiger partial charge in [-0.3, -0.25) is 10.1 Å². The smallest absolute Gasteiger partial charge is 0.289 e. The zero-order chi connectivity index (χ0) is 13.1. The van der Waals surface area contributed by atoms with Crippen LogP contribution in [0.4, 0.5) is 5.69 Å². The molecule has 1 aromatic carbocycles. The number of nitrogens with one attached hydrogen (secondary N) is 1. The summed E-state index contributed by atoms with van der Waals surface area (Å²) in [5.74, 6) is 0. The standard InChI is InChI=1S/C9H13N3O4S/c1-7(6-10)11-17(15,16)9-5-3-2-4-8(9)12(13)14/h2-5,7,11H,6,10H2,1H3/t7-/m1/s1. The second kappa shape index (κ2) is 5.21. The molecule has 0 saturated carbocycles. The van der Waals surface area contributed by atoms with Crippen LogP contribution in [-0.4, -0.2) is 25.9 Å². The topological polar surface area (TPSA) is 115 Å². The largest absolute Gasteiger partial charge is 0.329 e. The van der Waals surface area contributed by atoms with E-state index in [2.05, 4.69) is 4.72 Å². The Hall–Kier alpha value is -1.51. The monoisotopic (exact) mass is 259 g/mol. The summed E-state index contributed by atoms with van der Waals surface area (Å²) >= 11 is 0. The summed E-state index contributed by atoms with van der Waals surface area (Å²) < 4.78 is 26.0. The minimum Gasteiger partial charge on any atom is -0.329 e. The predicted octanol–water partition coefficient (Wildman–Crippen LogP) is 0.220. The molecule has 8 heteroatoms. The Bertz CT molecular complexity index is 515. The highest BCUT2D eigenvalue weighted by molar-refractivity contribution is 7.89. The van der Waals surface area contributed by atoms with E-state index in [0.717, 1.165) is 6.07 Å². The van der Waals surface area contributed by atoms with Gasteiger partial charge < -0.3 is 5.73 Å². The van der Waals surface area contributed by atoms with Crippen LogP contribution in [0, 0.1) is 10.1 Å². The van der Waals surface area contributed by atoms with Gasteiger partial charge in [0.15, 0.2) is 4.90 Å². The minimum absolute atomic E-state index is 0.111. The van der Waals surface area contributed by atoms with Crippen LogP contribution in [0.2, 0.25) is 0 Å². The molecular weight excluding hydrogens is 246 g/mol. The fourth-order valence-electron chi connectivity index (χ4n) is 1.21. The molecule has 0 aliphatic heterocycles. The lowest BCUT2D eigenvalue weighted by atomic mass is 10.3. The predicted molar refractivity (Wildman–Crippen MR) is 61.9 cm³/mol. The molecule has 94 valence electrons. The molecule has 0 saturated heterocycles. The lowest BCUT2D eigenvalue weighted by Crippen LogP contribution is -2.37. The summed E-state index contributed by atoms with van der Waals surface area (Å²) in [6, 6.07) is 4.67. The maximum Gasteiger partial charge on any atom is 0.289 e. The Kier molecular flexibility index (Phi) is 4.16. The zero-order valence-corrected chi connectivity index (χ0v) is 9.98. The fourth-order valence-corrected chi connectivity index (χ4v) is 2.64. The number of nitro groups is 1. The Balaban J connectivity index is 3.20. The summed E-state index contributed by atoms with van der Waals surface area (Å²) in [5, 5.41) is 10.7. The van der Waals surface area contributed by atoms with Crippen LogP contribution >= 0.6 is 0 Å². The molecule has 17 heavy (non-hydrogen) atoms. The van der Waals surface area contributed by atoms with Crippen molar-refractivity contribution >= 4 is 15.7 Å². The van der Waals surface area contributed by atoms with Gasteiger partial charge in [0.25, 0.3) is 5.69 Å². The molecule has 0 radical (unpaired) electrons. The van der Waals surface area contributed by atoms with Gasteiger partial charge in [0, 0.05) is 18.7 Å². The van der Waals surface area contributed by atoms with Crippen LogP contribution in [-0.2, 0) is 10.0 Å². The molecule has 0 aliphatic rings. The van der Waals surface area contributed by atoms with Crippen molar-refractivity contribution in [1.82, 2.24) is 4.72 Å². The van der Waals surface area contributed by atoms with Gasteiger partial charge in [0.05, 0.1) is 4.92 Å². The lowest BCUT2D eigenvalue weighted by molar-refractivity contribution is -0.387. The van der Waals surface area contributed by atoms with Crippen molar-refractivity contribution in [3.8, 4) is 0 Å². The molecule has 1 rings (SSSR count). The van der Waals surface area contributed by atoms with E-state index in [0.29, 0.717) is 0 Å². The number of nitrogens with zero attached hydrogens (tertiary/aromatic N) is 1. The molecule has 1 aromatic rings. The van der Waals surface area contributed by atoms with Gasteiger partial charge in [-0.05, 0) is 13.0 Å². The van der Waals surface area contributed by atoms with Crippen molar-refractivity contribution in [1.29, 1.82) is 0 Å². The fraction of sp³-hybridized carbons (Fsp3) is 0.333. The number of hydrogen-bond donors (Lipinski definition) is 2. The molecule has 0 unspecified atom stereocenters. The van der Waals surface area contributed by atoms with Crippen molar-refractivity contribution in [3.05, 3.63) is 34.4 Å². The molecule has 7 nitrogen and oxygen atoms in total. The van der Waals surface area contributed by atoms with Gasteiger partial charge in [-0.15, -0.1) is 0 Å². The van der Waals surface area contributed by atoms with E-state index in [1.807, 2.05) is 0 Å². The van der Waals surface area contributed by atoms with Crippen LogP contribution in [0.5, 0.6) is 0 Å². The first-order chi connectivity index (χ1) is 7.88. The Morgan fingerprint density at radius 2 is 2.06 bits per heavy atom. The van der Waals surface area contributed by atoms with Crippen LogP contribution in [0.15, 0.2) is 29.2 Å². The molecule has 0 aliphatic carbocycles. The number of para-hydroxylation sites is 1. The van der Waals surface area contributed by atoms with E-state index in [1.54, 1.807) is 6.92 Å². The molecule has 0 spiro atoms. The molecule has 0 fully saturated rings. The molecular formula is C9H13N3O4S. The van der Waals surface area contributed by atoms with Gasteiger partial charge in [-0.1, -0.05) is 12.1 Å². The van der Waals surface area contributed by atoms with Crippen LogP contribution < -0.4 is 10.5 Å². The van der Waals surface area contributed by atoms with Crippen molar-refractivity contribution in [2.75, 3.05) is 6.54 Å². The second-order valence-corrected chi connectivity index (χ2v) is 5.17. The first-order valence-corrected chi connectivity index (χ1v) is 6.32. The lowest BCUT2D eigenvalue weighted by Gasteiger charge is -2.11. The summed E-state index contributed by atoms with van der Waals surface area (Å²) in [7, 11) is -3.92. The first-order valence-electron chi connectivity index (χ1n) is 4.84. The van der Waals surface area contributed by atoms with Crippen molar-refractivity contribution in [2.45, 2.75) is 17.9 Å². The van der Waals surface area contributed by atoms with E-state index >= 15 is 0 Å². The van der Waals surface area contributed by atoms with Gasteiger partial charge in [-0.25, -0.2) is 13.1 Å². The van der Waals surface area contributed by atoms with Crippen LogP contribution in [0.1, 0.15) is 6.92 Å². The number of hydrogen-bond acceptors (Lipinski definition) is 5. The Morgan fingerprint density at radius 1 is 1.47 bits per heavy atom. The van der Waals surface area contributed by atoms with E-state index in [1.165, 1.54) is 18.2 Å². The van der Waals surface area contributed by atoms with E-state index in [9.17, 15) is 18.5 Å². The number of sulfonamides is 1. The van der Waals surface area contributed by atoms with E-state index in [4.69, 9.17) is 5.73 Å². The SMILES string of the molecule is C[C@H](CN)NS(=O)(=O)c1ccccc1[N+](=O)[O-]. The molecule has 0 aromatic heterocycles. The highest BCUT2D eigenvalue weighted by Gasteiger charge is 2.25. The molecule has 3 N–H and O–H groups in total. The third-order valence-electron chi connectivity index (χ3n) is 2.06. The summed E-state index contributed by atoms with van der Waals surface area (Å²) in [6.07, 6.45) is 0. The third kappa shape index (κ3) is 3.22.